The van der Waals surface area contributed by atoms with Crippen LogP contribution in [0.2, 0.25) is 0 Å². The molecule has 6 nitrogen and oxygen atoms in total. The normalized spacial score (nSPS) is 19.8. The average molecular weight is 366 g/mol. The summed E-state index contributed by atoms with van der Waals surface area (Å²) in [4.78, 5) is 16.7. The van der Waals surface area contributed by atoms with Crippen molar-refractivity contribution in [2.75, 3.05) is 46.8 Å². The van der Waals surface area contributed by atoms with Crippen LogP contribution in [0.5, 0.6) is 17.2 Å². The molecule has 7 heteroatoms. The van der Waals surface area contributed by atoms with Crippen LogP contribution in [0.25, 0.3) is 0 Å². The van der Waals surface area contributed by atoms with E-state index in [-0.39, 0.29) is 23.5 Å². The summed E-state index contributed by atoms with van der Waals surface area (Å²) >= 11 is 1.65. The summed E-state index contributed by atoms with van der Waals surface area (Å²) in [6, 6.07) is 3.92. The number of rotatable bonds is 6. The second-order valence-electron chi connectivity index (χ2n) is 7.54. The molecule has 0 N–H and O–H groups in total. The predicted octanol–water partition coefficient (Wildman–Crippen LogP) is 2.59. The molecule has 1 aromatic carbocycles. The van der Waals surface area contributed by atoms with E-state index in [0.29, 0.717) is 29.5 Å². The summed E-state index contributed by atoms with van der Waals surface area (Å²) in [5.74, 6) is 2.65. The fourth-order valence-electron chi connectivity index (χ4n) is 3.56. The highest BCUT2D eigenvalue weighted by Crippen LogP contribution is 2.47. The maximum atomic E-state index is 12.5. The number of hydrogen-bond donors (Lipinski definition) is 0. The molecule has 25 heavy (non-hydrogen) atoms. The van der Waals surface area contributed by atoms with Gasteiger partial charge in [-0.1, -0.05) is 13.8 Å². The summed E-state index contributed by atoms with van der Waals surface area (Å²) < 4.78 is 16.5. The number of hydrogen-bond acceptors (Lipinski definition) is 6. The van der Waals surface area contributed by atoms with Crippen LogP contribution >= 0.6 is 11.8 Å². The van der Waals surface area contributed by atoms with Gasteiger partial charge in [-0.05, 0) is 37.2 Å². The molecule has 0 radical (unpaired) electrons. The molecular weight excluding hydrogens is 340 g/mol. The van der Waals surface area contributed by atoms with Crippen LogP contribution in [-0.4, -0.2) is 62.5 Å². The van der Waals surface area contributed by atoms with E-state index in [4.69, 9.17) is 14.2 Å². The number of carbonyl (C=O) groups is 1. The smallest absolute Gasteiger partial charge is 0.233 e. The number of benzene rings is 1. The van der Waals surface area contributed by atoms with Crippen LogP contribution < -0.4 is 14.2 Å². The van der Waals surface area contributed by atoms with Gasteiger partial charge in [0.15, 0.2) is 11.5 Å². The van der Waals surface area contributed by atoms with Gasteiger partial charge in [0, 0.05) is 13.1 Å². The fourth-order valence-corrected chi connectivity index (χ4v) is 4.73. The van der Waals surface area contributed by atoms with Gasteiger partial charge in [-0.25, -0.2) is 0 Å². The summed E-state index contributed by atoms with van der Waals surface area (Å²) in [6.45, 7) is 6.21. The number of ether oxygens (including phenoxy) is 3. The van der Waals surface area contributed by atoms with E-state index in [1.165, 1.54) is 0 Å². The van der Waals surface area contributed by atoms with Crippen molar-refractivity contribution < 1.29 is 19.0 Å². The van der Waals surface area contributed by atoms with Gasteiger partial charge in [0.2, 0.25) is 18.4 Å². The largest absolute Gasteiger partial charge is 0.493 e. The van der Waals surface area contributed by atoms with Crippen LogP contribution in [0, 0.1) is 5.41 Å². The summed E-state index contributed by atoms with van der Waals surface area (Å²) in [6.07, 6.45) is 0. The Balaban J connectivity index is 1.87. The third-order valence-electron chi connectivity index (χ3n) is 4.28. The zero-order valence-electron chi connectivity index (χ0n) is 15.5. The van der Waals surface area contributed by atoms with Crippen molar-refractivity contribution in [2.45, 2.75) is 19.2 Å². The topological polar surface area (TPSA) is 51.2 Å². The second kappa shape index (κ2) is 6.96. The first kappa shape index (κ1) is 18.2. The first-order valence-electron chi connectivity index (χ1n) is 8.34. The maximum Gasteiger partial charge on any atom is 0.233 e. The third kappa shape index (κ3) is 3.82. The van der Waals surface area contributed by atoms with E-state index in [9.17, 15) is 4.79 Å². The Kier molecular flexibility index (Phi) is 5.06. The minimum absolute atomic E-state index is 0.00271. The molecule has 1 saturated heterocycles. The number of fused-ring (bicyclic) bond motifs is 1. The van der Waals surface area contributed by atoms with Crippen molar-refractivity contribution in [1.29, 1.82) is 0 Å². The van der Waals surface area contributed by atoms with E-state index in [2.05, 4.69) is 32.8 Å². The van der Waals surface area contributed by atoms with Crippen molar-refractivity contribution in [2.24, 2.45) is 5.41 Å². The number of nitrogens with zero attached hydrogens (tertiary/aromatic N) is 2. The van der Waals surface area contributed by atoms with Crippen molar-refractivity contribution >= 4 is 17.7 Å². The molecule has 1 aromatic rings. The van der Waals surface area contributed by atoms with Crippen molar-refractivity contribution in [3.63, 3.8) is 0 Å². The Morgan fingerprint density at radius 2 is 2.12 bits per heavy atom. The molecular formula is C18H26N2O4S. The van der Waals surface area contributed by atoms with Crippen LogP contribution in [0.3, 0.4) is 0 Å². The number of thioether (sulfide) groups is 1. The molecule has 2 heterocycles. The van der Waals surface area contributed by atoms with Crippen molar-refractivity contribution in [3.05, 3.63) is 17.7 Å². The van der Waals surface area contributed by atoms with E-state index >= 15 is 0 Å². The average Bonchev–Trinajstić information content (AvgIpc) is 3.12. The van der Waals surface area contributed by atoms with Crippen LogP contribution in [0.15, 0.2) is 12.1 Å². The second-order valence-corrected chi connectivity index (χ2v) is 8.61. The first-order chi connectivity index (χ1) is 11.8. The van der Waals surface area contributed by atoms with Gasteiger partial charge in [0.05, 0.1) is 12.9 Å². The molecule has 1 atom stereocenters. The van der Waals surface area contributed by atoms with Crippen molar-refractivity contribution in [3.8, 4) is 17.2 Å². The van der Waals surface area contributed by atoms with Crippen LogP contribution in [-0.2, 0) is 4.79 Å². The fraction of sp³-hybridized carbons (Fsp3) is 0.611. The van der Waals surface area contributed by atoms with Gasteiger partial charge in [-0.2, -0.15) is 0 Å². The lowest BCUT2D eigenvalue weighted by atomic mass is 9.92. The molecule has 1 fully saturated rings. The van der Waals surface area contributed by atoms with Gasteiger partial charge in [-0.3, -0.25) is 4.79 Å². The highest BCUT2D eigenvalue weighted by Gasteiger charge is 2.37. The summed E-state index contributed by atoms with van der Waals surface area (Å²) in [7, 11) is 5.73. The molecule has 3 rings (SSSR count). The summed E-state index contributed by atoms with van der Waals surface area (Å²) in [5, 5.41) is -0.0302. The minimum atomic E-state index is -0.0302. The number of carbonyl (C=O) groups excluding carboxylic acids is 1. The molecule has 0 spiro atoms. The zero-order chi connectivity index (χ0) is 18.2. The molecule has 0 saturated carbocycles. The van der Waals surface area contributed by atoms with E-state index in [0.717, 1.165) is 12.1 Å². The van der Waals surface area contributed by atoms with E-state index in [1.54, 1.807) is 18.9 Å². The Morgan fingerprint density at radius 1 is 1.36 bits per heavy atom. The van der Waals surface area contributed by atoms with Gasteiger partial charge in [-0.15, -0.1) is 11.8 Å². The molecule has 0 aliphatic carbocycles. The van der Waals surface area contributed by atoms with Gasteiger partial charge in [0.1, 0.15) is 5.37 Å². The Labute approximate surface area is 153 Å². The van der Waals surface area contributed by atoms with Gasteiger partial charge in [0.25, 0.3) is 0 Å². The Bertz CT molecular complexity index is 663. The van der Waals surface area contributed by atoms with E-state index < -0.39 is 0 Å². The minimum Gasteiger partial charge on any atom is -0.493 e. The summed E-state index contributed by atoms with van der Waals surface area (Å²) in [5.41, 5.74) is 1.01. The van der Waals surface area contributed by atoms with Crippen LogP contribution in [0.4, 0.5) is 0 Å². The Morgan fingerprint density at radius 3 is 2.80 bits per heavy atom. The molecule has 1 unspecified atom stereocenters. The Hall–Kier alpha value is -1.60. The molecule has 2 aliphatic rings. The quantitative estimate of drug-likeness (QED) is 0.771. The highest BCUT2D eigenvalue weighted by atomic mass is 32.2. The zero-order valence-corrected chi connectivity index (χ0v) is 16.3. The van der Waals surface area contributed by atoms with Crippen LogP contribution in [0.1, 0.15) is 24.8 Å². The third-order valence-corrected chi connectivity index (χ3v) is 5.53. The van der Waals surface area contributed by atoms with Crippen molar-refractivity contribution in [1.82, 2.24) is 9.80 Å². The lowest BCUT2D eigenvalue weighted by molar-refractivity contribution is -0.129. The number of methoxy groups -OCH3 is 1. The number of amides is 1. The van der Waals surface area contributed by atoms with Gasteiger partial charge < -0.3 is 24.0 Å². The lowest BCUT2D eigenvalue weighted by Gasteiger charge is -2.35. The molecule has 0 aromatic heterocycles. The molecule has 2 aliphatic heterocycles. The maximum absolute atomic E-state index is 12.5. The van der Waals surface area contributed by atoms with Gasteiger partial charge >= 0.3 is 0 Å². The van der Waals surface area contributed by atoms with E-state index in [1.807, 2.05) is 17.0 Å². The first-order valence-corrected chi connectivity index (χ1v) is 9.39. The molecule has 138 valence electrons. The lowest BCUT2D eigenvalue weighted by Crippen LogP contribution is -2.41. The molecule has 1 amide bonds. The SMILES string of the molecule is COc1cc(C2SCC(=O)N2CC(C)(C)CN(C)C)cc2c1OCO2. The highest BCUT2D eigenvalue weighted by molar-refractivity contribution is 8.00. The molecule has 0 bridgehead atoms. The standard InChI is InChI=1S/C18H26N2O4S/c1-18(2,9-19(3)4)10-20-15(21)8-25-17(20)12-6-13(22-5)16-14(7-12)23-11-24-16/h6-7,17H,8-11H2,1-5H3. The monoisotopic (exact) mass is 366 g/mol. The predicted molar refractivity (Wildman–Crippen MR) is 98.4 cm³/mol.